The second kappa shape index (κ2) is 10.2. The molecule has 0 saturated carbocycles. The van der Waals surface area contributed by atoms with E-state index in [-0.39, 0.29) is 77.7 Å². The average molecular weight is 604 g/mol. The Labute approximate surface area is 247 Å². The van der Waals surface area contributed by atoms with Gasteiger partial charge in [-0.05, 0) is 24.6 Å². The van der Waals surface area contributed by atoms with Crippen LogP contribution in [-0.2, 0) is 0 Å². The van der Waals surface area contributed by atoms with Gasteiger partial charge < -0.3 is 25.8 Å². The number of thiophene rings is 1. The first kappa shape index (κ1) is 27.3. The summed E-state index contributed by atoms with van der Waals surface area (Å²) >= 11 is 7.81. The Balaban J connectivity index is 1.71. The molecule has 3 aromatic heterocycles. The van der Waals surface area contributed by atoms with Crippen LogP contribution in [0.1, 0.15) is 24.1 Å². The molecule has 2 unspecified atom stereocenters. The summed E-state index contributed by atoms with van der Waals surface area (Å²) in [4.78, 5) is 14.8. The van der Waals surface area contributed by atoms with Gasteiger partial charge in [-0.1, -0.05) is 29.7 Å². The molecule has 0 aliphatic carbocycles. The van der Waals surface area contributed by atoms with Gasteiger partial charge in [-0.3, -0.25) is 0 Å². The number of nitrogens with two attached hydrogens (primary N) is 2. The van der Waals surface area contributed by atoms with Crippen molar-refractivity contribution in [1.82, 2.24) is 15.0 Å². The molecule has 6 rings (SSSR count). The number of pyridine rings is 1. The van der Waals surface area contributed by atoms with Gasteiger partial charge >= 0.3 is 6.01 Å². The van der Waals surface area contributed by atoms with E-state index in [4.69, 9.17) is 39.0 Å². The fourth-order valence-corrected chi connectivity index (χ4v) is 6.58. The fraction of sp³-hybridized carbons (Fsp3) is 0.172. The lowest BCUT2D eigenvalue weighted by molar-refractivity contribution is 0.306. The van der Waals surface area contributed by atoms with Gasteiger partial charge in [0.1, 0.15) is 46.7 Å². The molecule has 0 amide bonds. The predicted octanol–water partition coefficient (Wildman–Crippen LogP) is 5.84. The number of methoxy groups -OCH3 is 1. The van der Waals surface area contributed by atoms with E-state index in [2.05, 4.69) is 20.9 Å². The summed E-state index contributed by atoms with van der Waals surface area (Å²) in [6.07, 6.45) is 7.54. The molecule has 9 nitrogen and oxygen atoms in total. The van der Waals surface area contributed by atoms with Crippen molar-refractivity contribution in [2.75, 3.05) is 30.1 Å². The third kappa shape index (κ3) is 3.91. The third-order valence-corrected chi connectivity index (χ3v) is 8.61. The summed E-state index contributed by atoms with van der Waals surface area (Å²) < 4.78 is 43.2. The maximum atomic E-state index is 16.8. The minimum absolute atomic E-state index is 0.00857. The number of hydrogen-bond acceptors (Lipinski definition) is 10. The first-order valence-corrected chi connectivity index (χ1v) is 13.7. The number of halogens is 3. The van der Waals surface area contributed by atoms with Gasteiger partial charge in [-0.25, -0.2) is 13.8 Å². The second-order valence-corrected chi connectivity index (χ2v) is 10.8. The largest absolute Gasteiger partial charge is 0.488 e. The summed E-state index contributed by atoms with van der Waals surface area (Å²) in [7, 11) is 1.35. The van der Waals surface area contributed by atoms with Crippen molar-refractivity contribution >= 4 is 60.6 Å². The molecule has 0 saturated heterocycles. The van der Waals surface area contributed by atoms with E-state index < -0.39 is 23.7 Å². The molecule has 0 bridgehead atoms. The highest BCUT2D eigenvalue weighted by atomic mass is 35.5. The SMILES string of the molecule is C#CC1COc2c(Cl)c(-c3ccc(F)c4sc(N)c(C#N)c34)c(F)c3nc(OC)nc(c23)N1C(C)c1cccnc1N. The molecule has 1 aliphatic rings. The maximum Gasteiger partial charge on any atom is 0.318 e. The Bertz CT molecular complexity index is 2020. The van der Waals surface area contributed by atoms with Crippen molar-refractivity contribution in [3.8, 4) is 41.3 Å². The smallest absolute Gasteiger partial charge is 0.318 e. The van der Waals surface area contributed by atoms with E-state index in [1.165, 1.54) is 13.2 Å². The second-order valence-electron chi connectivity index (χ2n) is 9.40. The van der Waals surface area contributed by atoms with Crippen LogP contribution in [0.5, 0.6) is 11.8 Å². The monoisotopic (exact) mass is 603 g/mol. The number of nitrogen functional groups attached to an aromatic ring is 2. The van der Waals surface area contributed by atoms with Crippen molar-refractivity contribution < 1.29 is 18.3 Å². The standard InChI is InChI=1S/C29H20ClF2N7O2S/c1-4-13-11-41-24-20-23(37-29(40-3)38-28(20)39(13)12(2)14-6-5-9-36-26(14)34)22(32)19(21(24)30)15-7-8-17(31)25-18(15)16(10-33)27(35)42-25/h1,5-9,12-13H,11,35H2,2-3H3,(H2,34,36). The average Bonchev–Trinajstić information content (AvgIpc) is 3.23. The van der Waals surface area contributed by atoms with Crippen molar-refractivity contribution in [3.63, 3.8) is 0 Å². The zero-order valence-electron chi connectivity index (χ0n) is 22.1. The molecule has 13 heteroatoms. The highest BCUT2D eigenvalue weighted by Gasteiger charge is 2.36. The number of terminal acetylenes is 1. The van der Waals surface area contributed by atoms with Crippen LogP contribution < -0.4 is 25.8 Å². The van der Waals surface area contributed by atoms with E-state index in [1.54, 1.807) is 23.2 Å². The third-order valence-electron chi connectivity index (χ3n) is 7.22. The van der Waals surface area contributed by atoms with Crippen LogP contribution in [0.2, 0.25) is 5.02 Å². The molecule has 4 N–H and O–H groups in total. The Hall–Kier alpha value is -4.91. The van der Waals surface area contributed by atoms with E-state index in [1.807, 2.05) is 13.0 Å². The quantitative estimate of drug-likeness (QED) is 0.243. The molecule has 0 radical (unpaired) electrons. The molecule has 0 fully saturated rings. The van der Waals surface area contributed by atoms with Gasteiger partial charge in [0.25, 0.3) is 0 Å². The molecular weight excluding hydrogens is 584 g/mol. The fourth-order valence-electron chi connectivity index (χ4n) is 5.30. The minimum atomic E-state index is -0.862. The van der Waals surface area contributed by atoms with Crippen LogP contribution >= 0.6 is 22.9 Å². The van der Waals surface area contributed by atoms with Gasteiger partial charge in [-0.15, -0.1) is 17.8 Å². The number of fused-ring (bicyclic) bond motifs is 1. The number of benzene rings is 2. The summed E-state index contributed by atoms with van der Waals surface area (Å²) in [6.45, 7) is 1.79. The highest BCUT2D eigenvalue weighted by molar-refractivity contribution is 7.23. The first-order valence-electron chi connectivity index (χ1n) is 12.5. The van der Waals surface area contributed by atoms with Crippen LogP contribution in [0.15, 0.2) is 30.5 Å². The number of anilines is 3. The van der Waals surface area contributed by atoms with E-state index in [9.17, 15) is 9.65 Å². The van der Waals surface area contributed by atoms with Crippen molar-refractivity contribution in [2.24, 2.45) is 0 Å². The first-order chi connectivity index (χ1) is 20.2. The number of ether oxygens (including phenoxy) is 2. The predicted molar refractivity (Wildman–Crippen MR) is 159 cm³/mol. The van der Waals surface area contributed by atoms with E-state index >= 15 is 4.39 Å². The van der Waals surface area contributed by atoms with E-state index in [0.717, 1.165) is 17.4 Å². The lowest BCUT2D eigenvalue weighted by Gasteiger charge is -2.34. The Kier molecular flexibility index (Phi) is 6.61. The Morgan fingerprint density at radius 2 is 2.05 bits per heavy atom. The molecule has 2 atom stereocenters. The summed E-state index contributed by atoms with van der Waals surface area (Å²) in [5.41, 5.74) is 12.7. The summed E-state index contributed by atoms with van der Waals surface area (Å²) in [5, 5.41) is 10.0. The van der Waals surface area contributed by atoms with Gasteiger partial charge in [0, 0.05) is 22.7 Å². The lowest BCUT2D eigenvalue weighted by atomic mass is 9.96. The van der Waals surface area contributed by atoms with Crippen molar-refractivity contribution in [1.29, 1.82) is 5.26 Å². The topological polar surface area (TPSA) is 136 Å². The van der Waals surface area contributed by atoms with E-state index in [0.29, 0.717) is 5.56 Å². The molecular formula is C29H20ClF2N7O2S. The molecule has 1 aliphatic heterocycles. The van der Waals surface area contributed by atoms with Crippen LogP contribution in [0, 0.1) is 35.3 Å². The number of aromatic nitrogens is 3. The molecule has 5 aromatic rings. The summed E-state index contributed by atoms with van der Waals surface area (Å²) in [5.74, 6) is 1.80. The normalized spacial score (nSPS) is 15.1. The van der Waals surface area contributed by atoms with Crippen molar-refractivity contribution in [3.05, 3.63) is 58.2 Å². The molecule has 4 heterocycles. The molecule has 210 valence electrons. The van der Waals surface area contributed by atoms with Gasteiger partial charge in [0.15, 0.2) is 11.6 Å². The molecule has 2 aromatic carbocycles. The Morgan fingerprint density at radius 3 is 2.74 bits per heavy atom. The van der Waals surface area contributed by atoms with Gasteiger partial charge in [-0.2, -0.15) is 15.2 Å². The van der Waals surface area contributed by atoms with Crippen LogP contribution in [0.4, 0.5) is 25.4 Å². The number of rotatable bonds is 4. The number of nitrogens with zero attached hydrogens (tertiary/aromatic N) is 5. The summed E-state index contributed by atoms with van der Waals surface area (Å²) in [6, 6.07) is 6.68. The zero-order chi connectivity index (χ0) is 29.9. The number of hydrogen-bond donors (Lipinski definition) is 2. The molecule has 0 spiro atoms. The van der Waals surface area contributed by atoms with Crippen LogP contribution in [0.25, 0.3) is 32.1 Å². The lowest BCUT2D eigenvalue weighted by Crippen LogP contribution is -2.40. The van der Waals surface area contributed by atoms with Crippen LogP contribution in [0.3, 0.4) is 0 Å². The van der Waals surface area contributed by atoms with Crippen molar-refractivity contribution in [2.45, 2.75) is 19.0 Å². The molecule has 42 heavy (non-hydrogen) atoms. The number of nitriles is 1. The zero-order valence-corrected chi connectivity index (χ0v) is 23.6. The minimum Gasteiger partial charge on any atom is -0.488 e. The highest BCUT2D eigenvalue weighted by Crippen LogP contribution is 2.51. The van der Waals surface area contributed by atoms with Crippen LogP contribution in [-0.4, -0.2) is 34.7 Å². The van der Waals surface area contributed by atoms with Gasteiger partial charge in [0.05, 0.1) is 33.8 Å². The Morgan fingerprint density at radius 1 is 1.26 bits per heavy atom. The maximum absolute atomic E-state index is 16.8. The van der Waals surface area contributed by atoms with Gasteiger partial charge in [0.2, 0.25) is 0 Å².